The smallest absolute Gasteiger partial charge is 0.353 e. The molecular weight excluding hydrogens is 320 g/mol. The van der Waals surface area contributed by atoms with Crippen molar-refractivity contribution in [2.24, 2.45) is 11.7 Å². The molecule has 1 amide bonds. The van der Waals surface area contributed by atoms with E-state index in [1.807, 2.05) is 0 Å². The molecule has 21 heavy (non-hydrogen) atoms. The van der Waals surface area contributed by atoms with Crippen molar-refractivity contribution in [1.29, 1.82) is 0 Å². The van der Waals surface area contributed by atoms with Crippen LogP contribution in [0.15, 0.2) is 10.6 Å². The Labute approximate surface area is 126 Å². The van der Waals surface area contributed by atoms with Crippen LogP contribution >= 0.6 is 11.8 Å². The number of thioether (sulfide) groups is 1. The zero-order valence-corrected chi connectivity index (χ0v) is 12.9. The first-order chi connectivity index (χ1) is 9.70. The largest absolute Gasteiger partial charge is 0.477 e. The molecule has 2 heterocycles. The number of hydrogen-bond donors (Lipinski definition) is 3. The molecule has 1 saturated heterocycles. The van der Waals surface area contributed by atoms with Crippen molar-refractivity contribution in [1.82, 2.24) is 4.90 Å². The van der Waals surface area contributed by atoms with Crippen LogP contribution in [0.3, 0.4) is 0 Å². The van der Waals surface area contributed by atoms with E-state index in [0.29, 0.717) is 17.2 Å². The molecule has 0 aromatic heterocycles. The Hall–Kier alpha value is -1.10. The molecule has 2 aliphatic rings. The van der Waals surface area contributed by atoms with Crippen molar-refractivity contribution in [3.63, 3.8) is 0 Å². The van der Waals surface area contributed by atoms with E-state index in [4.69, 9.17) is 10.3 Å². The van der Waals surface area contributed by atoms with E-state index < -0.39 is 39.2 Å². The number of β-lactam (4-membered cyclic amide) rings is 1. The second kappa shape index (κ2) is 5.59. The number of carboxylic acids is 1. The first-order valence-corrected chi connectivity index (χ1v) is 8.77. The highest BCUT2D eigenvalue weighted by Gasteiger charge is 2.58. The summed E-state index contributed by atoms with van der Waals surface area (Å²) >= 11 is 1.26. The second-order valence-electron chi connectivity index (χ2n) is 4.94. The summed E-state index contributed by atoms with van der Waals surface area (Å²) in [4.78, 5) is 25.0. The van der Waals surface area contributed by atoms with Crippen LogP contribution < -0.4 is 5.73 Å². The summed E-state index contributed by atoms with van der Waals surface area (Å²) in [7, 11) is -4.35. The third-order valence-corrected chi connectivity index (χ3v) is 6.12. The van der Waals surface area contributed by atoms with Gasteiger partial charge in [0.2, 0.25) is 5.91 Å². The Bertz CT molecular complexity index is 614. The maximum Gasteiger partial charge on any atom is 0.353 e. The van der Waals surface area contributed by atoms with Crippen molar-refractivity contribution in [3.8, 4) is 0 Å². The Morgan fingerprint density at radius 3 is 2.67 bits per heavy atom. The van der Waals surface area contributed by atoms with Crippen LogP contribution in [0.5, 0.6) is 0 Å². The Morgan fingerprint density at radius 1 is 1.57 bits per heavy atom. The molecule has 0 saturated carbocycles. The van der Waals surface area contributed by atoms with Gasteiger partial charge in [0.1, 0.15) is 5.70 Å². The van der Waals surface area contributed by atoms with Gasteiger partial charge in [0, 0.05) is 23.6 Å². The summed E-state index contributed by atoms with van der Waals surface area (Å²) < 4.78 is 31.5. The minimum absolute atomic E-state index is 0.0952. The van der Waals surface area contributed by atoms with Crippen molar-refractivity contribution in [2.75, 3.05) is 12.3 Å². The molecule has 118 valence electrons. The van der Waals surface area contributed by atoms with Crippen LogP contribution in [0.1, 0.15) is 13.3 Å². The van der Waals surface area contributed by atoms with Crippen molar-refractivity contribution in [2.45, 2.75) is 24.6 Å². The molecule has 0 radical (unpaired) electrons. The maximum absolute atomic E-state index is 12.1. The summed E-state index contributed by atoms with van der Waals surface area (Å²) in [5.41, 5.74) is 5.29. The molecule has 2 aliphatic heterocycles. The monoisotopic (exact) mass is 336 g/mol. The highest BCUT2D eigenvalue weighted by Crippen LogP contribution is 2.47. The van der Waals surface area contributed by atoms with Crippen molar-refractivity contribution in [3.05, 3.63) is 10.6 Å². The van der Waals surface area contributed by atoms with Gasteiger partial charge in [-0.05, 0) is 6.92 Å². The summed E-state index contributed by atoms with van der Waals surface area (Å²) in [5.74, 6) is -2.20. The number of hydrogen-bond acceptors (Lipinski definition) is 6. The lowest BCUT2D eigenvalue weighted by Crippen LogP contribution is -2.62. The molecule has 1 fully saturated rings. The van der Waals surface area contributed by atoms with E-state index in [9.17, 15) is 23.1 Å². The normalized spacial score (nSPS) is 26.6. The number of carbonyl (C=O) groups excluding carboxylic acids is 1. The predicted octanol–water partition coefficient (Wildman–Crippen LogP) is -0.518. The topological polar surface area (TPSA) is 138 Å². The van der Waals surface area contributed by atoms with Crippen LogP contribution in [-0.2, 0) is 19.7 Å². The average Bonchev–Trinajstić information content (AvgIpc) is 2.70. The van der Waals surface area contributed by atoms with Crippen LogP contribution in [-0.4, -0.2) is 58.4 Å². The third kappa shape index (κ3) is 2.68. The van der Waals surface area contributed by atoms with Crippen molar-refractivity contribution >= 4 is 33.8 Å². The Morgan fingerprint density at radius 2 is 2.19 bits per heavy atom. The summed E-state index contributed by atoms with van der Waals surface area (Å²) in [5, 5.41) is 7.99. The lowest BCUT2D eigenvalue weighted by molar-refractivity contribution is -0.154. The van der Waals surface area contributed by atoms with Crippen molar-refractivity contribution < 1.29 is 27.7 Å². The quantitative estimate of drug-likeness (QED) is 0.435. The van der Waals surface area contributed by atoms with E-state index >= 15 is 0 Å². The number of nitrogens with zero attached hydrogens (tertiary/aromatic N) is 1. The minimum Gasteiger partial charge on any atom is -0.477 e. The summed E-state index contributed by atoms with van der Waals surface area (Å²) in [6.45, 7) is 1.62. The number of fused-ring (bicyclic) bond motifs is 1. The van der Waals surface area contributed by atoms with Crippen LogP contribution in [0.2, 0.25) is 0 Å². The Balaban J connectivity index is 2.26. The summed E-state index contributed by atoms with van der Waals surface area (Å²) in [6, 6.07) is -0.527. The fourth-order valence-electron chi connectivity index (χ4n) is 2.71. The number of carboxylic acid groups (broad SMARTS) is 1. The second-order valence-corrected chi connectivity index (χ2v) is 7.90. The standard InChI is InChI=1S/C11H16N2O6S2/c1-5(21(17,18)19)8-6-4-7(20-3-2-12)9(11(15)16)13(6)10(8)14/h5-6,8H,2-4,12H2,1H3,(H,15,16)(H,17,18,19)/t5-,6+,8+/m0/s1. The van der Waals surface area contributed by atoms with Gasteiger partial charge < -0.3 is 15.7 Å². The van der Waals surface area contributed by atoms with Gasteiger partial charge in [0.05, 0.1) is 17.2 Å². The highest BCUT2D eigenvalue weighted by atomic mass is 32.2. The van der Waals surface area contributed by atoms with Crippen LogP contribution in [0, 0.1) is 5.92 Å². The minimum atomic E-state index is -4.35. The van der Waals surface area contributed by atoms with Gasteiger partial charge in [0.15, 0.2) is 0 Å². The molecular formula is C11H16N2O6S2. The molecule has 0 aromatic carbocycles. The zero-order chi connectivity index (χ0) is 15.9. The number of nitrogens with two attached hydrogens (primary N) is 1. The van der Waals surface area contributed by atoms with E-state index in [-0.39, 0.29) is 12.1 Å². The zero-order valence-electron chi connectivity index (χ0n) is 11.2. The molecule has 3 atom stereocenters. The molecule has 4 N–H and O–H groups in total. The van der Waals surface area contributed by atoms with Crippen LogP contribution in [0.4, 0.5) is 0 Å². The fourth-order valence-corrected chi connectivity index (χ4v) is 4.36. The molecule has 2 rings (SSSR count). The molecule has 0 aromatic rings. The number of carbonyl (C=O) groups is 2. The first kappa shape index (κ1) is 16.3. The van der Waals surface area contributed by atoms with E-state index in [2.05, 4.69) is 0 Å². The Kier molecular flexibility index (Phi) is 4.34. The molecule has 0 unspecified atom stereocenters. The van der Waals surface area contributed by atoms with E-state index in [1.165, 1.54) is 18.7 Å². The molecule has 0 aliphatic carbocycles. The first-order valence-electron chi connectivity index (χ1n) is 6.28. The van der Waals surface area contributed by atoms with Gasteiger partial charge in [-0.1, -0.05) is 0 Å². The van der Waals surface area contributed by atoms with Gasteiger partial charge in [-0.15, -0.1) is 11.8 Å². The van der Waals surface area contributed by atoms with Gasteiger partial charge in [-0.25, -0.2) is 4.79 Å². The fraction of sp³-hybridized carbons (Fsp3) is 0.636. The van der Waals surface area contributed by atoms with Gasteiger partial charge in [-0.2, -0.15) is 8.42 Å². The SMILES string of the molecule is C[C@@H]([C@H]1C(=O)N2C(C(=O)O)=C(SCCN)C[C@H]12)S(=O)(=O)O. The lowest BCUT2D eigenvalue weighted by Gasteiger charge is -2.44. The average molecular weight is 336 g/mol. The van der Waals surface area contributed by atoms with Crippen LogP contribution in [0.25, 0.3) is 0 Å². The predicted molar refractivity (Wildman–Crippen MR) is 75.9 cm³/mol. The van der Waals surface area contributed by atoms with E-state index in [0.717, 1.165) is 4.90 Å². The molecule has 0 bridgehead atoms. The van der Waals surface area contributed by atoms with Gasteiger partial charge in [-0.3, -0.25) is 9.35 Å². The maximum atomic E-state index is 12.1. The number of aliphatic carboxylic acids is 1. The van der Waals surface area contributed by atoms with Gasteiger partial charge in [0.25, 0.3) is 10.1 Å². The molecule has 10 heteroatoms. The molecule has 8 nitrogen and oxygen atoms in total. The highest BCUT2D eigenvalue weighted by molar-refractivity contribution is 8.03. The van der Waals surface area contributed by atoms with E-state index in [1.54, 1.807) is 0 Å². The molecule has 0 spiro atoms. The lowest BCUT2D eigenvalue weighted by atomic mass is 9.85. The number of rotatable bonds is 6. The number of amides is 1. The third-order valence-electron chi connectivity index (χ3n) is 3.74. The van der Waals surface area contributed by atoms with Gasteiger partial charge >= 0.3 is 5.97 Å². The summed E-state index contributed by atoms with van der Waals surface area (Å²) in [6.07, 6.45) is 0.280.